The van der Waals surface area contributed by atoms with Gasteiger partial charge in [-0.05, 0) is 25.0 Å². The number of aliphatic hydroxyl groups is 2. The number of carbonyl (C=O) groups is 1. The van der Waals surface area contributed by atoms with Crippen molar-refractivity contribution >= 4 is 31.0 Å². The van der Waals surface area contributed by atoms with Crippen molar-refractivity contribution in [3.63, 3.8) is 0 Å². The fourth-order valence-corrected chi connectivity index (χ4v) is 3.69. The minimum Gasteiger partial charge on any atom is -0.385 e. The Kier molecular flexibility index (Phi) is 9.25. The normalized spacial score (nSPS) is 25.7. The quantitative estimate of drug-likeness (QED) is 0.242. The van der Waals surface area contributed by atoms with E-state index in [1.165, 1.54) is 0 Å². The summed E-state index contributed by atoms with van der Waals surface area (Å²) < 4.78 is 11.6. The first kappa shape index (κ1) is 23.2. The average molecular weight is 435 g/mol. The zero-order valence-electron chi connectivity index (χ0n) is 15.3. The van der Waals surface area contributed by atoms with Crippen molar-refractivity contribution in [1.82, 2.24) is 9.55 Å². The van der Waals surface area contributed by atoms with Gasteiger partial charge in [-0.3, -0.25) is 19.1 Å². The van der Waals surface area contributed by atoms with Crippen molar-refractivity contribution in [2.45, 2.75) is 62.1 Å². The van der Waals surface area contributed by atoms with E-state index >= 15 is 0 Å². The number of unbranched alkanes of at least 4 members (excludes halogenated alkanes) is 1. The summed E-state index contributed by atoms with van der Waals surface area (Å²) in [6.07, 6.45) is -0.520. The Morgan fingerprint density at radius 3 is 2.71 bits per heavy atom. The Labute approximate surface area is 172 Å². The molecule has 1 aliphatic heterocycles. The Bertz CT molecular complexity index is 754. The van der Waals surface area contributed by atoms with Gasteiger partial charge in [0.2, 0.25) is 0 Å². The summed E-state index contributed by atoms with van der Waals surface area (Å²) in [4.78, 5) is 36.9. The van der Waals surface area contributed by atoms with Crippen LogP contribution in [0, 0.1) is 0 Å². The molecule has 2 rings (SSSR count). The van der Waals surface area contributed by atoms with E-state index in [1.54, 1.807) is 0 Å². The first-order chi connectivity index (χ1) is 13.3. The molecular formula is C17H26N2O7S2. The van der Waals surface area contributed by atoms with Gasteiger partial charge in [-0.1, -0.05) is 6.42 Å². The maximum atomic E-state index is 12.0. The lowest BCUT2D eigenvalue weighted by atomic mass is 10.1. The maximum absolute atomic E-state index is 12.0. The molecule has 1 fully saturated rings. The van der Waals surface area contributed by atoms with Crippen molar-refractivity contribution in [2.75, 3.05) is 12.4 Å². The van der Waals surface area contributed by atoms with Gasteiger partial charge in [-0.25, -0.2) is 4.79 Å². The van der Waals surface area contributed by atoms with Gasteiger partial charge in [0.25, 0.3) is 5.56 Å². The summed E-state index contributed by atoms with van der Waals surface area (Å²) >= 11 is 8.59. The zero-order chi connectivity index (χ0) is 20.7. The number of ketones is 1. The Balaban J connectivity index is 1.79. The summed E-state index contributed by atoms with van der Waals surface area (Å²) in [6.45, 7) is -0.275. The number of aromatic amines is 1. The van der Waals surface area contributed by atoms with Crippen LogP contribution in [0.2, 0.25) is 0 Å². The highest BCUT2D eigenvalue weighted by Crippen LogP contribution is 2.28. The summed E-state index contributed by atoms with van der Waals surface area (Å²) in [7, 11) is 0. The van der Waals surface area contributed by atoms with Crippen LogP contribution in [0.5, 0.6) is 0 Å². The summed E-state index contributed by atoms with van der Waals surface area (Å²) in [5, 5.41) is 20.4. The number of aliphatic hydroxyl groups excluding tert-OH is 2. The highest BCUT2D eigenvalue weighted by molar-refractivity contribution is 7.81. The molecule has 1 aromatic heterocycles. The number of hydrogen-bond donors (Lipinski definition) is 5. The van der Waals surface area contributed by atoms with Gasteiger partial charge in [0.05, 0.1) is 0 Å². The third kappa shape index (κ3) is 6.46. The molecule has 28 heavy (non-hydrogen) atoms. The molecule has 1 saturated heterocycles. The molecule has 1 aromatic rings. The smallest absolute Gasteiger partial charge is 0.330 e. The molecule has 3 N–H and O–H groups in total. The highest BCUT2D eigenvalue weighted by Gasteiger charge is 2.45. The molecule has 2 unspecified atom stereocenters. The van der Waals surface area contributed by atoms with Crippen LogP contribution in [-0.4, -0.2) is 61.7 Å². The van der Waals surface area contributed by atoms with Gasteiger partial charge >= 0.3 is 5.69 Å². The number of nitrogens with one attached hydrogen (secondary N) is 1. The molecule has 0 bridgehead atoms. The molecule has 0 radical (unpaired) electrons. The van der Waals surface area contributed by atoms with Gasteiger partial charge in [0.15, 0.2) is 18.3 Å². The predicted molar refractivity (Wildman–Crippen MR) is 108 cm³/mol. The van der Waals surface area contributed by atoms with Crippen LogP contribution < -0.4 is 11.2 Å². The molecule has 11 heteroatoms. The van der Waals surface area contributed by atoms with Gasteiger partial charge in [0.1, 0.15) is 18.8 Å². The van der Waals surface area contributed by atoms with E-state index in [4.69, 9.17) is 9.47 Å². The van der Waals surface area contributed by atoms with Crippen molar-refractivity contribution in [1.29, 1.82) is 0 Å². The molecule has 158 valence electrons. The molecule has 0 saturated carbocycles. The van der Waals surface area contributed by atoms with E-state index in [1.807, 2.05) is 4.98 Å². The Morgan fingerprint density at radius 2 is 2.04 bits per heavy atom. The van der Waals surface area contributed by atoms with Crippen LogP contribution in [-0.2, 0) is 14.3 Å². The molecule has 0 aliphatic carbocycles. The summed E-state index contributed by atoms with van der Waals surface area (Å²) in [6, 6.07) is 1.09. The number of aromatic nitrogens is 2. The second-order valence-electron chi connectivity index (χ2n) is 6.66. The fraction of sp³-hybridized carbons (Fsp3) is 0.706. The average Bonchev–Trinajstić information content (AvgIpc) is 2.92. The number of rotatable bonds is 11. The first-order valence-electron chi connectivity index (χ1n) is 9.08. The standard InChI is InChI=1S/C17H26N2O7S2/c20-10(3-1-2-4-11(28)6-8-27)9-25-16-14(23)13(22)15(26-16)19-7-5-12(21)18-17(19)24/h5,7,11,13-16,22-23,27-28H,1-4,6,8-9H2,(H,18,21,24)/t11?,13-,14+,15-,16?/m1/s1. The van der Waals surface area contributed by atoms with Crippen molar-refractivity contribution in [3.05, 3.63) is 33.1 Å². The largest absolute Gasteiger partial charge is 0.385 e. The van der Waals surface area contributed by atoms with Crippen LogP contribution in [0.25, 0.3) is 0 Å². The minimum atomic E-state index is -1.46. The molecule has 0 aromatic carbocycles. The number of carbonyl (C=O) groups excluding carboxylic acids is 1. The van der Waals surface area contributed by atoms with E-state index in [0.29, 0.717) is 12.8 Å². The van der Waals surface area contributed by atoms with Crippen molar-refractivity contribution in [3.8, 4) is 0 Å². The first-order valence-corrected chi connectivity index (χ1v) is 10.2. The summed E-state index contributed by atoms with van der Waals surface area (Å²) in [5.41, 5.74) is -1.39. The maximum Gasteiger partial charge on any atom is 0.330 e. The lowest BCUT2D eigenvalue weighted by molar-refractivity contribution is -0.180. The van der Waals surface area contributed by atoms with E-state index < -0.39 is 36.0 Å². The third-order valence-corrected chi connectivity index (χ3v) is 5.21. The fourth-order valence-electron chi connectivity index (χ4n) is 2.87. The number of H-pyrrole nitrogens is 1. The molecule has 0 amide bonds. The third-order valence-electron chi connectivity index (χ3n) is 4.43. The second kappa shape index (κ2) is 11.2. The lowest BCUT2D eigenvalue weighted by Gasteiger charge is -2.16. The van der Waals surface area contributed by atoms with Gasteiger partial charge in [-0.2, -0.15) is 25.3 Å². The van der Waals surface area contributed by atoms with Crippen molar-refractivity contribution < 1.29 is 24.5 Å². The second-order valence-corrected chi connectivity index (χ2v) is 7.83. The van der Waals surface area contributed by atoms with E-state index in [9.17, 15) is 24.6 Å². The number of hydrogen-bond acceptors (Lipinski definition) is 9. The number of nitrogens with zero attached hydrogens (tertiary/aromatic N) is 1. The molecule has 9 nitrogen and oxygen atoms in total. The number of Topliss-reactive ketones (excluding diaryl/α,β-unsaturated/α-hetero) is 1. The monoisotopic (exact) mass is 434 g/mol. The van der Waals surface area contributed by atoms with Gasteiger partial charge in [0, 0.05) is 23.9 Å². The van der Waals surface area contributed by atoms with Crippen LogP contribution >= 0.6 is 25.3 Å². The van der Waals surface area contributed by atoms with Crippen molar-refractivity contribution in [2.24, 2.45) is 0 Å². The zero-order valence-corrected chi connectivity index (χ0v) is 17.1. The number of ether oxygens (including phenoxy) is 2. The number of thiol groups is 2. The molecule has 1 aliphatic rings. The lowest BCUT2D eigenvalue weighted by Crippen LogP contribution is -2.37. The topological polar surface area (TPSA) is 131 Å². The predicted octanol–water partition coefficient (Wildman–Crippen LogP) is -0.122. The van der Waals surface area contributed by atoms with Crippen LogP contribution in [0.4, 0.5) is 0 Å². The molecule has 5 atom stereocenters. The van der Waals surface area contributed by atoms with E-state index in [0.717, 1.165) is 41.8 Å². The van der Waals surface area contributed by atoms with Crippen LogP contribution in [0.15, 0.2) is 21.9 Å². The van der Waals surface area contributed by atoms with E-state index in [-0.39, 0.29) is 17.6 Å². The minimum absolute atomic E-state index is 0.153. The van der Waals surface area contributed by atoms with Gasteiger partial charge < -0.3 is 19.7 Å². The molecule has 0 spiro atoms. The van der Waals surface area contributed by atoms with Crippen LogP contribution in [0.3, 0.4) is 0 Å². The molecular weight excluding hydrogens is 408 g/mol. The Hall–Kier alpha value is -1.11. The SMILES string of the molecule is O=C(CCCCC(S)CCS)COC1O[C@@H](n2ccc(=O)[nH]c2=O)[C@H](O)[C@@H]1O. The molecule has 2 heterocycles. The highest BCUT2D eigenvalue weighted by atomic mass is 32.1. The summed E-state index contributed by atoms with van der Waals surface area (Å²) in [5.74, 6) is 0.628. The van der Waals surface area contributed by atoms with Gasteiger partial charge in [-0.15, -0.1) is 0 Å². The van der Waals surface area contributed by atoms with Crippen LogP contribution in [0.1, 0.15) is 38.3 Å². The Morgan fingerprint density at radius 1 is 1.29 bits per heavy atom. The van der Waals surface area contributed by atoms with E-state index in [2.05, 4.69) is 25.3 Å².